The van der Waals surface area contributed by atoms with Gasteiger partial charge in [0.05, 0.1) is 39.4 Å². The standard InChI is InChI=1S/C15H12ClN3.C15H9FN4.C14H9Cl2N3.C13H9FN4/c1-9-2-4-11(16)7-12(9)10-3-5-14-13(6-10)15(17)19-8-18-14;16-12-4-9(7-17)3-11(5-12)10-1-2-14-13(6-10)15(18)20-8-19-14;15-10-3-9(4-11(16)6-10)8-1-2-13-12(5-8)14(17)19-7-18-13;14-9-3-1-2-8(6-9)10-4-5-11-12(18-10)13(15)17-7-16-11/h2-8H,1H3,(H2,17,18,19);1-6,8H,(H2,18,19,20);1-7H,(H2,17,18,19);1-7H,(H2,15,16,17). The van der Waals surface area contributed by atoms with Gasteiger partial charge in [-0.25, -0.2) is 53.6 Å². The monoisotopic (exact) mass is 1060 g/mol. The van der Waals surface area contributed by atoms with Crippen LogP contribution in [0.25, 0.3) is 88.4 Å². The van der Waals surface area contributed by atoms with Gasteiger partial charge >= 0.3 is 0 Å². The van der Waals surface area contributed by atoms with E-state index >= 15 is 0 Å². The summed E-state index contributed by atoms with van der Waals surface area (Å²) in [5.74, 6) is 0.890. The maximum atomic E-state index is 13.5. The van der Waals surface area contributed by atoms with Crippen LogP contribution in [0.5, 0.6) is 0 Å². The lowest BCUT2D eigenvalue weighted by Crippen LogP contribution is -1.96. The Kier molecular flexibility index (Phi) is 15.3. The number of benzene rings is 7. The molecule has 0 atom stereocenters. The van der Waals surface area contributed by atoms with Gasteiger partial charge in [0, 0.05) is 36.8 Å². The molecular formula is C57H39Cl3F2N14. The van der Waals surface area contributed by atoms with Crippen LogP contribution in [0, 0.1) is 29.9 Å². The topological polar surface area (TPSA) is 244 Å². The van der Waals surface area contributed by atoms with Crippen LogP contribution in [0.2, 0.25) is 15.1 Å². The fraction of sp³-hybridized carbons (Fsp3) is 0.0175. The molecule has 0 saturated carbocycles. The van der Waals surface area contributed by atoms with Crippen LogP contribution in [0.4, 0.5) is 32.1 Å². The number of rotatable bonds is 4. The van der Waals surface area contributed by atoms with Crippen molar-refractivity contribution in [3.8, 4) is 50.7 Å². The van der Waals surface area contributed by atoms with Crippen LogP contribution < -0.4 is 22.9 Å². The van der Waals surface area contributed by atoms with Crippen molar-refractivity contribution < 1.29 is 8.78 Å². The number of aromatic nitrogens is 9. The van der Waals surface area contributed by atoms with Gasteiger partial charge in [0.2, 0.25) is 0 Å². The van der Waals surface area contributed by atoms with Crippen molar-refractivity contribution in [2.24, 2.45) is 0 Å². The van der Waals surface area contributed by atoms with E-state index < -0.39 is 5.82 Å². The summed E-state index contributed by atoms with van der Waals surface area (Å²) in [5, 5.41) is 13.2. The van der Waals surface area contributed by atoms with Gasteiger partial charge in [-0.2, -0.15) is 5.26 Å². The highest BCUT2D eigenvalue weighted by molar-refractivity contribution is 6.35. The van der Waals surface area contributed by atoms with Crippen molar-refractivity contribution >= 4 is 102 Å². The van der Waals surface area contributed by atoms with Crippen LogP contribution in [-0.4, -0.2) is 44.9 Å². The molecule has 0 aliphatic heterocycles. The first-order chi connectivity index (χ1) is 36.7. The molecule has 8 N–H and O–H groups in total. The Labute approximate surface area is 447 Å². The summed E-state index contributed by atoms with van der Waals surface area (Å²) in [6.07, 6.45) is 5.71. The molecular weight excluding hydrogens is 1030 g/mol. The molecule has 0 aliphatic rings. The van der Waals surface area contributed by atoms with E-state index in [0.717, 1.165) is 60.2 Å². The van der Waals surface area contributed by atoms with Gasteiger partial charge < -0.3 is 22.9 Å². The van der Waals surface area contributed by atoms with Crippen molar-refractivity contribution in [1.82, 2.24) is 44.9 Å². The molecule has 0 amide bonds. The molecule has 372 valence electrons. The molecule has 19 heteroatoms. The molecule has 0 saturated heterocycles. The molecule has 12 rings (SSSR count). The predicted octanol–water partition coefficient (Wildman–Crippen LogP) is 13.3. The summed E-state index contributed by atoms with van der Waals surface area (Å²) in [4.78, 5) is 36.8. The van der Waals surface area contributed by atoms with Gasteiger partial charge in [-0.15, -0.1) is 0 Å². The molecule has 76 heavy (non-hydrogen) atoms. The summed E-state index contributed by atoms with van der Waals surface area (Å²) in [7, 11) is 0. The molecule has 0 bridgehead atoms. The van der Waals surface area contributed by atoms with E-state index in [1.807, 2.05) is 78.9 Å². The van der Waals surface area contributed by atoms with Crippen molar-refractivity contribution in [2.45, 2.75) is 6.92 Å². The average Bonchev–Trinajstić information content (AvgIpc) is 3.43. The van der Waals surface area contributed by atoms with Gasteiger partial charge in [-0.1, -0.05) is 71.2 Å². The average molecular weight is 1060 g/mol. The van der Waals surface area contributed by atoms with E-state index in [9.17, 15) is 8.78 Å². The summed E-state index contributed by atoms with van der Waals surface area (Å²) in [5.41, 5.74) is 35.1. The van der Waals surface area contributed by atoms with E-state index in [1.165, 1.54) is 55.1 Å². The lowest BCUT2D eigenvalue weighted by Gasteiger charge is -2.08. The number of nitrogens with zero attached hydrogens (tertiary/aromatic N) is 10. The van der Waals surface area contributed by atoms with E-state index in [-0.39, 0.29) is 11.4 Å². The second kappa shape index (κ2) is 22.7. The first-order valence-corrected chi connectivity index (χ1v) is 23.9. The Hall–Kier alpha value is -9.53. The van der Waals surface area contributed by atoms with Gasteiger partial charge in [0.1, 0.15) is 59.9 Å². The van der Waals surface area contributed by atoms with Crippen LogP contribution in [0.1, 0.15) is 11.1 Å². The summed E-state index contributed by atoms with van der Waals surface area (Å²) < 4.78 is 26.7. The highest BCUT2D eigenvalue weighted by atomic mass is 35.5. The number of aryl methyl sites for hydroxylation is 1. The van der Waals surface area contributed by atoms with Crippen molar-refractivity contribution in [2.75, 3.05) is 22.9 Å². The third-order valence-electron chi connectivity index (χ3n) is 11.7. The molecule has 5 aromatic heterocycles. The fourth-order valence-corrected chi connectivity index (χ4v) is 8.67. The minimum atomic E-state index is -0.448. The van der Waals surface area contributed by atoms with E-state index in [1.54, 1.807) is 48.5 Å². The minimum Gasteiger partial charge on any atom is -0.383 e. The van der Waals surface area contributed by atoms with Gasteiger partial charge in [-0.05, 0) is 155 Å². The second-order valence-corrected chi connectivity index (χ2v) is 18.1. The van der Waals surface area contributed by atoms with Crippen molar-refractivity contribution in [3.05, 3.63) is 209 Å². The van der Waals surface area contributed by atoms with Crippen LogP contribution in [-0.2, 0) is 0 Å². The minimum absolute atomic E-state index is 0.275. The van der Waals surface area contributed by atoms with Gasteiger partial charge in [0.15, 0.2) is 5.82 Å². The number of nitrogens with two attached hydrogens (primary N) is 4. The maximum Gasteiger partial charge on any atom is 0.153 e. The molecule has 7 aromatic carbocycles. The summed E-state index contributed by atoms with van der Waals surface area (Å²) >= 11 is 18.1. The van der Waals surface area contributed by atoms with E-state index in [0.29, 0.717) is 66.6 Å². The molecule has 0 spiro atoms. The lowest BCUT2D eigenvalue weighted by atomic mass is 9.99. The molecule has 14 nitrogen and oxygen atoms in total. The largest absolute Gasteiger partial charge is 0.383 e. The first-order valence-electron chi connectivity index (χ1n) is 22.8. The van der Waals surface area contributed by atoms with Crippen LogP contribution in [0.15, 0.2) is 171 Å². The molecule has 0 radical (unpaired) electrons. The number of pyridine rings is 1. The highest BCUT2D eigenvalue weighted by Crippen LogP contribution is 2.33. The first kappa shape index (κ1) is 51.4. The Morgan fingerprint density at radius 3 is 1.49 bits per heavy atom. The molecule has 0 unspecified atom stereocenters. The number of fused-ring (bicyclic) bond motifs is 4. The number of halogens is 5. The Morgan fingerprint density at radius 1 is 0.421 bits per heavy atom. The molecule has 0 aliphatic carbocycles. The quantitative estimate of drug-likeness (QED) is 0.128. The lowest BCUT2D eigenvalue weighted by molar-refractivity contribution is 0.627. The van der Waals surface area contributed by atoms with Gasteiger partial charge in [-0.3, -0.25) is 0 Å². The highest BCUT2D eigenvalue weighted by Gasteiger charge is 2.11. The second-order valence-electron chi connectivity index (χ2n) is 16.8. The Bertz CT molecular complexity index is 4180. The molecule has 12 aromatic rings. The van der Waals surface area contributed by atoms with Crippen LogP contribution >= 0.6 is 34.8 Å². The SMILES string of the molecule is Cc1ccc(Cl)cc1-c1ccc2ncnc(N)c2c1.N#Cc1cc(F)cc(-c2ccc3ncnc(N)c3c2)c1.Nc1ncnc2ccc(-c3cc(Cl)cc(Cl)c3)cc12.Nc1ncnc2ccc(-c3cccc(F)c3)nc12. The number of nitriles is 1. The van der Waals surface area contributed by atoms with Crippen molar-refractivity contribution in [3.63, 3.8) is 0 Å². The maximum absolute atomic E-state index is 13.5. The van der Waals surface area contributed by atoms with E-state index in [2.05, 4.69) is 51.8 Å². The zero-order chi connectivity index (χ0) is 53.5. The molecule has 5 heterocycles. The molecule has 0 fully saturated rings. The van der Waals surface area contributed by atoms with Gasteiger partial charge in [0.25, 0.3) is 0 Å². The number of anilines is 4. The number of nitrogen functional groups attached to an aromatic ring is 4. The third kappa shape index (κ3) is 11.9. The zero-order valence-electron chi connectivity index (χ0n) is 39.8. The number of hydrogen-bond acceptors (Lipinski definition) is 14. The predicted molar refractivity (Wildman–Crippen MR) is 300 cm³/mol. The van der Waals surface area contributed by atoms with E-state index in [4.69, 9.17) is 63.0 Å². The fourth-order valence-electron chi connectivity index (χ4n) is 7.97. The van der Waals surface area contributed by atoms with Crippen LogP contribution in [0.3, 0.4) is 0 Å². The summed E-state index contributed by atoms with van der Waals surface area (Å²) in [6, 6.07) is 44.4. The third-order valence-corrected chi connectivity index (χ3v) is 12.4. The summed E-state index contributed by atoms with van der Waals surface area (Å²) in [6.45, 7) is 2.06. The Morgan fingerprint density at radius 2 is 0.921 bits per heavy atom. The zero-order valence-corrected chi connectivity index (χ0v) is 42.1. The number of hydrogen-bond donors (Lipinski definition) is 4. The normalized spacial score (nSPS) is 10.7. The van der Waals surface area contributed by atoms with Crippen molar-refractivity contribution in [1.29, 1.82) is 5.26 Å². The Balaban J connectivity index is 0.000000124. The smallest absolute Gasteiger partial charge is 0.153 e.